The molecule has 2 heterocycles. The maximum absolute atomic E-state index is 11.0. The highest BCUT2D eigenvalue weighted by Gasteiger charge is 2.26. The fraction of sp³-hybridized carbons (Fsp3) is 0.286. The first kappa shape index (κ1) is 6.27. The van der Waals surface area contributed by atoms with Gasteiger partial charge >= 0.3 is 0 Å². The largest absolute Gasteiger partial charge is 0.292 e. The fourth-order valence-electron chi connectivity index (χ4n) is 1.22. The molecule has 0 bridgehead atoms. The van der Waals surface area contributed by atoms with E-state index in [1.165, 1.54) is 0 Å². The van der Waals surface area contributed by atoms with Gasteiger partial charge in [-0.2, -0.15) is 0 Å². The van der Waals surface area contributed by atoms with Crippen molar-refractivity contribution >= 4 is 18.0 Å². The van der Waals surface area contributed by atoms with Gasteiger partial charge in [0.2, 0.25) is 5.91 Å². The number of carbonyl (C=O) groups is 2. The van der Waals surface area contributed by atoms with E-state index in [1.54, 1.807) is 6.21 Å². The molecule has 0 aromatic carbocycles. The van der Waals surface area contributed by atoms with Gasteiger partial charge in [-0.3, -0.25) is 19.9 Å². The monoisotopic (exact) mass is 150 g/mol. The van der Waals surface area contributed by atoms with Crippen LogP contribution in [0.3, 0.4) is 0 Å². The molecule has 0 atom stereocenters. The predicted molar refractivity (Wildman–Crippen MR) is 37.9 cm³/mol. The summed E-state index contributed by atoms with van der Waals surface area (Å²) in [5.74, 6) is -0.540. The lowest BCUT2D eigenvalue weighted by Gasteiger charge is -2.11. The Morgan fingerprint density at radius 3 is 3.09 bits per heavy atom. The standard InChI is InChI=1S/C7H6N2O2/c10-6-3-5-4(1-2-8-5)7(11)9-6/h2H,1,3H2,(H,9,10,11). The van der Waals surface area contributed by atoms with E-state index in [9.17, 15) is 9.59 Å². The Hall–Kier alpha value is -1.45. The first-order valence-corrected chi connectivity index (χ1v) is 3.36. The van der Waals surface area contributed by atoms with Crippen molar-refractivity contribution in [1.29, 1.82) is 0 Å². The summed E-state index contributed by atoms with van der Waals surface area (Å²) in [5, 5.41) is 2.23. The van der Waals surface area contributed by atoms with E-state index in [4.69, 9.17) is 0 Å². The van der Waals surface area contributed by atoms with Crippen LogP contribution >= 0.6 is 0 Å². The minimum atomic E-state index is -0.284. The zero-order chi connectivity index (χ0) is 7.84. The van der Waals surface area contributed by atoms with Crippen LogP contribution in [-0.4, -0.2) is 18.0 Å². The molecule has 0 fully saturated rings. The number of rotatable bonds is 0. The van der Waals surface area contributed by atoms with Crippen molar-refractivity contribution in [3.05, 3.63) is 11.3 Å². The summed E-state index contributed by atoms with van der Waals surface area (Å²) in [6.07, 6.45) is 2.47. The van der Waals surface area contributed by atoms with Crippen LogP contribution < -0.4 is 5.32 Å². The number of aliphatic imine (C=N–C) groups is 1. The van der Waals surface area contributed by atoms with Crippen LogP contribution in [0.25, 0.3) is 0 Å². The van der Waals surface area contributed by atoms with Gasteiger partial charge < -0.3 is 0 Å². The van der Waals surface area contributed by atoms with Crippen molar-refractivity contribution in [1.82, 2.24) is 5.32 Å². The molecular weight excluding hydrogens is 144 g/mol. The van der Waals surface area contributed by atoms with Crippen LogP contribution in [0.1, 0.15) is 12.8 Å². The highest BCUT2D eigenvalue weighted by atomic mass is 16.2. The third-order valence-electron chi connectivity index (χ3n) is 1.75. The van der Waals surface area contributed by atoms with Crippen molar-refractivity contribution < 1.29 is 9.59 Å². The molecular formula is C7H6N2O2. The van der Waals surface area contributed by atoms with Crippen LogP contribution in [0, 0.1) is 0 Å². The van der Waals surface area contributed by atoms with Crippen LogP contribution in [0.15, 0.2) is 16.3 Å². The van der Waals surface area contributed by atoms with Crippen LogP contribution in [0.4, 0.5) is 0 Å². The van der Waals surface area contributed by atoms with E-state index < -0.39 is 0 Å². The Kier molecular flexibility index (Phi) is 1.15. The maximum Gasteiger partial charge on any atom is 0.255 e. The summed E-state index contributed by atoms with van der Waals surface area (Å²) < 4.78 is 0. The summed E-state index contributed by atoms with van der Waals surface area (Å²) >= 11 is 0. The average molecular weight is 150 g/mol. The van der Waals surface area contributed by atoms with Crippen LogP contribution in [0.5, 0.6) is 0 Å². The van der Waals surface area contributed by atoms with E-state index in [0.29, 0.717) is 17.7 Å². The van der Waals surface area contributed by atoms with Crippen molar-refractivity contribution in [2.24, 2.45) is 4.99 Å². The minimum Gasteiger partial charge on any atom is -0.292 e. The second-order valence-corrected chi connectivity index (χ2v) is 2.50. The molecule has 4 nitrogen and oxygen atoms in total. The molecule has 0 unspecified atom stereocenters. The molecule has 56 valence electrons. The molecule has 2 amide bonds. The molecule has 2 aliphatic rings. The lowest BCUT2D eigenvalue weighted by atomic mass is 10.1. The Morgan fingerprint density at radius 1 is 1.45 bits per heavy atom. The first-order valence-electron chi connectivity index (χ1n) is 3.36. The van der Waals surface area contributed by atoms with E-state index in [-0.39, 0.29) is 18.2 Å². The molecule has 0 aliphatic carbocycles. The predicted octanol–water partition coefficient (Wildman–Crippen LogP) is -0.238. The van der Waals surface area contributed by atoms with Gasteiger partial charge in [-0.05, 0) is 0 Å². The zero-order valence-electron chi connectivity index (χ0n) is 5.76. The summed E-state index contributed by atoms with van der Waals surface area (Å²) in [6.45, 7) is 0. The first-order chi connectivity index (χ1) is 5.27. The highest BCUT2D eigenvalue weighted by molar-refractivity contribution is 6.11. The van der Waals surface area contributed by atoms with E-state index in [0.717, 1.165) is 0 Å². The molecule has 0 saturated heterocycles. The summed E-state index contributed by atoms with van der Waals surface area (Å²) in [6, 6.07) is 0. The van der Waals surface area contributed by atoms with E-state index in [2.05, 4.69) is 10.3 Å². The number of amides is 2. The molecule has 0 radical (unpaired) electrons. The Morgan fingerprint density at radius 2 is 2.27 bits per heavy atom. The Bertz CT molecular complexity index is 302. The number of hydrogen-bond donors (Lipinski definition) is 1. The summed E-state index contributed by atoms with van der Waals surface area (Å²) in [5.41, 5.74) is 1.28. The highest BCUT2D eigenvalue weighted by Crippen LogP contribution is 2.21. The average Bonchev–Trinajstić information content (AvgIpc) is 2.34. The molecule has 1 N–H and O–H groups in total. The van der Waals surface area contributed by atoms with E-state index >= 15 is 0 Å². The Balaban J connectivity index is 2.40. The molecule has 0 spiro atoms. The quantitative estimate of drug-likeness (QED) is 0.484. The van der Waals surface area contributed by atoms with Gasteiger partial charge in [-0.25, -0.2) is 0 Å². The third-order valence-corrected chi connectivity index (χ3v) is 1.75. The number of nitrogens with one attached hydrogen (secondary N) is 1. The maximum atomic E-state index is 11.0. The van der Waals surface area contributed by atoms with E-state index in [1.807, 2.05) is 0 Å². The van der Waals surface area contributed by atoms with Gasteiger partial charge in [0.15, 0.2) is 0 Å². The van der Waals surface area contributed by atoms with Crippen molar-refractivity contribution in [3.8, 4) is 0 Å². The lowest BCUT2D eigenvalue weighted by molar-refractivity contribution is -0.129. The normalized spacial score (nSPS) is 22.2. The molecule has 0 aromatic heterocycles. The smallest absolute Gasteiger partial charge is 0.255 e. The van der Waals surface area contributed by atoms with Gasteiger partial charge in [0, 0.05) is 18.2 Å². The molecule has 4 heteroatoms. The van der Waals surface area contributed by atoms with Gasteiger partial charge in [0.1, 0.15) is 0 Å². The third kappa shape index (κ3) is 0.869. The van der Waals surface area contributed by atoms with Gasteiger partial charge in [-0.1, -0.05) is 0 Å². The van der Waals surface area contributed by atoms with Crippen LogP contribution in [-0.2, 0) is 9.59 Å². The number of nitrogens with zero attached hydrogens (tertiary/aromatic N) is 1. The lowest BCUT2D eigenvalue weighted by Crippen LogP contribution is -2.35. The molecule has 11 heavy (non-hydrogen) atoms. The molecule has 2 aliphatic heterocycles. The fourth-order valence-corrected chi connectivity index (χ4v) is 1.22. The van der Waals surface area contributed by atoms with Crippen molar-refractivity contribution in [3.63, 3.8) is 0 Å². The molecule has 2 rings (SSSR count). The van der Waals surface area contributed by atoms with Gasteiger partial charge in [0.05, 0.1) is 12.1 Å². The Labute approximate surface area is 63.0 Å². The summed E-state index contributed by atoms with van der Waals surface area (Å²) in [7, 11) is 0. The molecule has 0 saturated carbocycles. The number of hydrogen-bond acceptors (Lipinski definition) is 3. The van der Waals surface area contributed by atoms with Gasteiger partial charge in [0.25, 0.3) is 5.91 Å². The second kappa shape index (κ2) is 2.02. The second-order valence-electron chi connectivity index (χ2n) is 2.50. The van der Waals surface area contributed by atoms with Crippen molar-refractivity contribution in [2.45, 2.75) is 12.8 Å². The topological polar surface area (TPSA) is 58.5 Å². The van der Waals surface area contributed by atoms with Gasteiger partial charge in [-0.15, -0.1) is 0 Å². The van der Waals surface area contributed by atoms with Crippen LogP contribution in [0.2, 0.25) is 0 Å². The molecule has 0 aromatic rings. The SMILES string of the molecule is O=C1CC2=C(CC=N2)C(=O)N1. The minimum absolute atomic E-state index is 0.248. The number of carbonyl (C=O) groups excluding carboxylic acids is 2. The van der Waals surface area contributed by atoms with Crippen molar-refractivity contribution in [2.75, 3.05) is 0 Å². The summed E-state index contributed by atoms with van der Waals surface area (Å²) in [4.78, 5) is 25.7. The zero-order valence-corrected chi connectivity index (χ0v) is 5.76. The number of imide groups is 1.